The van der Waals surface area contributed by atoms with Gasteiger partial charge < -0.3 is 4.52 Å². The van der Waals surface area contributed by atoms with Crippen molar-refractivity contribution in [1.82, 2.24) is 4.67 Å². The summed E-state index contributed by atoms with van der Waals surface area (Å²) >= 11 is 1.78. The van der Waals surface area contributed by atoms with Crippen LogP contribution in [0.2, 0.25) is 0 Å². The van der Waals surface area contributed by atoms with Gasteiger partial charge in [0.05, 0.1) is 11.7 Å². The van der Waals surface area contributed by atoms with Crippen LogP contribution in [0.15, 0.2) is 0 Å². The maximum atomic E-state index is 8.66. The highest BCUT2D eigenvalue weighted by Gasteiger charge is 2.29. The minimum atomic E-state index is -0.704. The number of hydrogen-bond acceptors (Lipinski definition) is 4. The molecule has 0 heterocycles. The molecule has 0 spiro atoms. The van der Waals surface area contributed by atoms with Gasteiger partial charge in [-0.15, -0.1) is 0 Å². The topological polar surface area (TPSA) is 36.3 Å². The fraction of sp³-hybridized carbons (Fsp3) is 0.923. The van der Waals surface area contributed by atoms with Gasteiger partial charge in [0.15, 0.2) is 7.50 Å². The first kappa shape index (κ1) is 18.2. The average molecular weight is 290 g/mol. The quantitative estimate of drug-likeness (QED) is 0.499. The van der Waals surface area contributed by atoms with Gasteiger partial charge in [0.25, 0.3) is 0 Å². The van der Waals surface area contributed by atoms with Crippen molar-refractivity contribution in [3.63, 3.8) is 0 Å². The normalized spacial score (nSPS) is 14.3. The van der Waals surface area contributed by atoms with E-state index < -0.39 is 7.50 Å². The van der Waals surface area contributed by atoms with Gasteiger partial charge >= 0.3 is 0 Å². The summed E-state index contributed by atoms with van der Waals surface area (Å²) in [6.45, 7) is 15.1. The van der Waals surface area contributed by atoms with Crippen molar-refractivity contribution in [2.45, 2.75) is 72.6 Å². The van der Waals surface area contributed by atoms with Gasteiger partial charge in [0, 0.05) is 24.3 Å². The van der Waals surface area contributed by atoms with Crippen molar-refractivity contribution in [3.8, 4) is 6.07 Å². The molecule has 0 aliphatic rings. The van der Waals surface area contributed by atoms with Crippen LogP contribution in [0.25, 0.3) is 0 Å². The van der Waals surface area contributed by atoms with E-state index in [-0.39, 0.29) is 5.60 Å². The predicted octanol–water partition coefficient (Wildman–Crippen LogP) is 4.79. The molecule has 0 amide bonds. The predicted molar refractivity (Wildman–Crippen MR) is 82.6 cm³/mol. The molecule has 0 aromatic carbocycles. The minimum absolute atomic E-state index is 0.145. The Labute approximate surface area is 118 Å². The van der Waals surface area contributed by atoms with Crippen LogP contribution in [0, 0.1) is 11.3 Å². The molecule has 0 radical (unpaired) electrons. The van der Waals surface area contributed by atoms with Crippen LogP contribution >= 0.6 is 18.9 Å². The maximum absolute atomic E-state index is 8.66. The Morgan fingerprint density at radius 1 is 1.22 bits per heavy atom. The molecule has 0 aromatic rings. The van der Waals surface area contributed by atoms with Crippen LogP contribution in [0.5, 0.6) is 0 Å². The third-order valence-electron chi connectivity index (χ3n) is 2.01. The van der Waals surface area contributed by atoms with Crippen molar-refractivity contribution < 1.29 is 4.52 Å². The van der Waals surface area contributed by atoms with E-state index in [9.17, 15) is 0 Å². The van der Waals surface area contributed by atoms with E-state index in [1.54, 1.807) is 11.4 Å². The van der Waals surface area contributed by atoms with Gasteiger partial charge in [-0.25, -0.2) is 4.67 Å². The number of nitriles is 1. The Kier molecular flexibility index (Phi) is 8.47. The van der Waals surface area contributed by atoms with Crippen LogP contribution in [0.4, 0.5) is 0 Å². The van der Waals surface area contributed by atoms with E-state index >= 15 is 0 Å². The Morgan fingerprint density at radius 3 is 2.06 bits per heavy atom. The Morgan fingerprint density at radius 2 is 1.72 bits per heavy atom. The molecule has 0 saturated heterocycles. The molecule has 1 atom stereocenters. The summed E-state index contributed by atoms with van der Waals surface area (Å²) in [4.78, 5) is 0. The van der Waals surface area contributed by atoms with E-state index in [1.165, 1.54) is 0 Å². The number of hydrogen-bond donors (Lipinski definition) is 0. The van der Waals surface area contributed by atoms with E-state index in [0.717, 1.165) is 5.75 Å². The lowest BCUT2D eigenvalue weighted by Gasteiger charge is -2.39. The smallest absolute Gasteiger partial charge is 0.170 e. The van der Waals surface area contributed by atoms with Crippen molar-refractivity contribution >= 4 is 18.9 Å². The molecule has 0 fully saturated rings. The summed E-state index contributed by atoms with van der Waals surface area (Å²) in [5.41, 5.74) is -0.145. The minimum Gasteiger partial charge on any atom is -0.329 e. The molecule has 0 N–H and O–H groups in total. The van der Waals surface area contributed by atoms with Gasteiger partial charge in [-0.3, -0.25) is 0 Å². The molecule has 0 aliphatic heterocycles. The summed E-state index contributed by atoms with van der Waals surface area (Å²) in [7, 11) is -0.704. The summed E-state index contributed by atoms with van der Waals surface area (Å²) in [5, 5.41) is 8.66. The largest absolute Gasteiger partial charge is 0.329 e. The molecular formula is C13H27N2OPS. The van der Waals surface area contributed by atoms with Crippen LogP contribution < -0.4 is 0 Å². The zero-order chi connectivity index (χ0) is 14.3. The highest BCUT2D eigenvalue weighted by atomic mass is 32.7. The Hall–Kier alpha value is 0.190. The fourth-order valence-corrected chi connectivity index (χ4v) is 6.46. The molecule has 1 unspecified atom stereocenters. The lowest BCUT2D eigenvalue weighted by Crippen LogP contribution is -2.34. The first-order valence-corrected chi connectivity index (χ1v) is 9.26. The first-order chi connectivity index (χ1) is 8.19. The maximum Gasteiger partial charge on any atom is 0.170 e. The molecular weight excluding hydrogens is 263 g/mol. The molecule has 3 nitrogen and oxygen atoms in total. The highest BCUT2D eigenvalue weighted by Crippen LogP contribution is 2.58. The molecule has 0 aromatic heterocycles. The standard InChI is InChI=1S/C13H27N2OPS/c1-11(2)15(12(3)4)17(16-13(5,6)7)18-10-8-9-14/h11-12H,8,10H2,1-7H3. The van der Waals surface area contributed by atoms with Gasteiger partial charge in [0.1, 0.15) is 0 Å². The molecule has 0 saturated carbocycles. The SMILES string of the molecule is CC(C)N(C(C)C)P(OC(C)(C)C)SCCC#N. The second-order valence-corrected chi connectivity index (χ2v) is 9.25. The summed E-state index contributed by atoms with van der Waals surface area (Å²) < 4.78 is 8.63. The fourth-order valence-electron chi connectivity index (χ4n) is 1.52. The Bertz CT molecular complexity index is 263. The van der Waals surface area contributed by atoms with Crippen LogP contribution in [0.3, 0.4) is 0 Å². The molecule has 0 rings (SSSR count). The van der Waals surface area contributed by atoms with Crippen molar-refractivity contribution in [1.29, 1.82) is 5.26 Å². The summed E-state index contributed by atoms with van der Waals surface area (Å²) in [6.07, 6.45) is 0.584. The molecule has 5 heteroatoms. The molecule has 18 heavy (non-hydrogen) atoms. The van der Waals surface area contributed by atoms with E-state index in [1.807, 2.05) is 0 Å². The van der Waals surface area contributed by atoms with Crippen LogP contribution in [0.1, 0.15) is 54.9 Å². The van der Waals surface area contributed by atoms with Gasteiger partial charge in [-0.1, -0.05) is 11.4 Å². The third kappa shape index (κ3) is 7.59. The highest BCUT2D eigenvalue weighted by molar-refractivity contribution is 8.53. The lowest BCUT2D eigenvalue weighted by molar-refractivity contribution is 0.133. The van der Waals surface area contributed by atoms with E-state index in [2.05, 4.69) is 59.2 Å². The first-order valence-electron chi connectivity index (χ1n) is 6.46. The number of nitrogens with zero attached hydrogens (tertiary/aromatic N) is 2. The summed E-state index contributed by atoms with van der Waals surface area (Å²) in [6, 6.07) is 3.10. The van der Waals surface area contributed by atoms with Crippen molar-refractivity contribution in [2.75, 3.05) is 5.75 Å². The van der Waals surface area contributed by atoms with Gasteiger partial charge in [-0.2, -0.15) is 5.26 Å². The molecule has 0 aliphatic carbocycles. The van der Waals surface area contributed by atoms with Crippen LogP contribution in [-0.2, 0) is 4.52 Å². The second-order valence-electron chi connectivity index (χ2n) is 5.75. The molecule has 0 bridgehead atoms. The van der Waals surface area contributed by atoms with Crippen LogP contribution in [-0.4, -0.2) is 28.1 Å². The second kappa shape index (κ2) is 8.38. The third-order valence-corrected chi connectivity index (χ3v) is 6.63. The van der Waals surface area contributed by atoms with Crippen molar-refractivity contribution in [2.24, 2.45) is 0 Å². The summed E-state index contributed by atoms with van der Waals surface area (Å²) in [5.74, 6) is 0.841. The molecule has 106 valence electrons. The monoisotopic (exact) mass is 290 g/mol. The zero-order valence-electron chi connectivity index (χ0n) is 12.7. The average Bonchev–Trinajstić information content (AvgIpc) is 2.13. The van der Waals surface area contributed by atoms with E-state index in [4.69, 9.17) is 9.79 Å². The van der Waals surface area contributed by atoms with E-state index in [0.29, 0.717) is 18.5 Å². The van der Waals surface area contributed by atoms with Crippen molar-refractivity contribution in [3.05, 3.63) is 0 Å². The number of rotatable bonds is 7. The lowest BCUT2D eigenvalue weighted by atomic mass is 10.2. The Balaban J connectivity index is 4.76. The van der Waals surface area contributed by atoms with Gasteiger partial charge in [0.2, 0.25) is 0 Å². The zero-order valence-corrected chi connectivity index (χ0v) is 14.4. The van der Waals surface area contributed by atoms with Gasteiger partial charge in [-0.05, 0) is 48.5 Å².